The summed E-state index contributed by atoms with van der Waals surface area (Å²) in [6.45, 7) is 0.246. The number of benzene rings is 3. The average molecular weight is 451 g/mol. The molecule has 3 aromatic rings. The number of nitrogens with zero attached hydrogens (tertiary/aromatic N) is 1. The molecule has 0 spiro atoms. The number of anilines is 1. The molecule has 0 bridgehead atoms. The predicted octanol–water partition coefficient (Wildman–Crippen LogP) is 3.23. The number of cyclic esters (lactones) is 1. The maximum Gasteiger partial charge on any atom is 0.339 e. The van der Waals surface area contributed by atoms with E-state index in [1.165, 1.54) is 35.6 Å². The van der Waals surface area contributed by atoms with Gasteiger partial charge in [-0.3, -0.25) is 4.79 Å². The van der Waals surface area contributed by atoms with E-state index in [2.05, 4.69) is 5.32 Å². The van der Waals surface area contributed by atoms with Gasteiger partial charge < -0.3 is 10.1 Å². The summed E-state index contributed by atoms with van der Waals surface area (Å²) in [7, 11) is -2.17. The largest absolute Gasteiger partial charge is 0.448 e. The second-order valence-corrected chi connectivity index (χ2v) is 9.56. The topological polar surface area (TPSA) is 92.8 Å². The number of ether oxygens (including phenoxy) is 1. The number of sulfonamides is 1. The molecular weight excluding hydrogens is 428 g/mol. The predicted molar refractivity (Wildman–Crippen MR) is 120 cm³/mol. The summed E-state index contributed by atoms with van der Waals surface area (Å²) in [4.78, 5) is 24.8. The van der Waals surface area contributed by atoms with E-state index < -0.39 is 28.0 Å². The lowest BCUT2D eigenvalue weighted by Gasteiger charge is -2.23. The number of carbonyl (C=O) groups excluding carboxylic acids is 2. The van der Waals surface area contributed by atoms with Gasteiger partial charge in [0.2, 0.25) is 10.0 Å². The Bertz CT molecular complexity index is 1240. The number of rotatable bonds is 6. The van der Waals surface area contributed by atoms with Gasteiger partial charge in [-0.25, -0.2) is 13.2 Å². The Labute approximate surface area is 186 Å². The van der Waals surface area contributed by atoms with Crippen LogP contribution >= 0.6 is 0 Å². The zero-order valence-electron chi connectivity index (χ0n) is 17.4. The van der Waals surface area contributed by atoms with E-state index in [9.17, 15) is 18.0 Å². The summed E-state index contributed by atoms with van der Waals surface area (Å²) in [5.41, 5.74) is 2.51. The second-order valence-electron chi connectivity index (χ2n) is 7.52. The Hall–Kier alpha value is -3.49. The van der Waals surface area contributed by atoms with E-state index in [-0.39, 0.29) is 17.9 Å². The minimum absolute atomic E-state index is 0.118. The molecule has 1 aliphatic heterocycles. The molecule has 1 N–H and O–H groups in total. The minimum atomic E-state index is -3.69. The van der Waals surface area contributed by atoms with E-state index in [1.54, 1.807) is 24.3 Å². The number of carbonyl (C=O) groups is 2. The Morgan fingerprint density at radius 3 is 2.38 bits per heavy atom. The fourth-order valence-electron chi connectivity index (χ4n) is 3.52. The molecule has 3 aromatic carbocycles. The molecule has 1 atom stereocenters. The van der Waals surface area contributed by atoms with Crippen molar-refractivity contribution in [3.05, 3.63) is 95.6 Å². The summed E-state index contributed by atoms with van der Waals surface area (Å²) in [5, 5.41) is 2.69. The van der Waals surface area contributed by atoms with Gasteiger partial charge in [0, 0.05) is 25.7 Å². The van der Waals surface area contributed by atoms with Gasteiger partial charge in [0.15, 0.2) is 6.10 Å². The summed E-state index contributed by atoms with van der Waals surface area (Å²) in [6.07, 6.45) is -0.664. The van der Waals surface area contributed by atoms with Crippen molar-refractivity contribution in [3.8, 4) is 0 Å². The molecule has 1 heterocycles. The maximum absolute atomic E-state index is 12.9. The monoisotopic (exact) mass is 450 g/mol. The van der Waals surface area contributed by atoms with Crippen LogP contribution in [0, 0.1) is 0 Å². The van der Waals surface area contributed by atoms with Gasteiger partial charge in [-0.15, -0.1) is 0 Å². The summed E-state index contributed by atoms with van der Waals surface area (Å²) in [5.74, 6) is -1.00. The van der Waals surface area contributed by atoms with Crippen LogP contribution in [-0.4, -0.2) is 37.8 Å². The first-order chi connectivity index (χ1) is 15.3. The van der Waals surface area contributed by atoms with Crippen LogP contribution in [0.2, 0.25) is 0 Å². The van der Waals surface area contributed by atoms with Gasteiger partial charge in [-0.2, -0.15) is 4.31 Å². The highest BCUT2D eigenvalue weighted by molar-refractivity contribution is 7.89. The van der Waals surface area contributed by atoms with E-state index in [0.717, 1.165) is 11.1 Å². The third-order valence-electron chi connectivity index (χ3n) is 5.26. The van der Waals surface area contributed by atoms with Crippen LogP contribution in [0.1, 0.15) is 21.5 Å². The van der Waals surface area contributed by atoms with Crippen molar-refractivity contribution in [1.82, 2.24) is 4.31 Å². The normalized spacial score (nSPS) is 15.7. The molecule has 0 saturated carbocycles. The van der Waals surface area contributed by atoms with E-state index in [4.69, 9.17) is 4.74 Å². The fourth-order valence-corrected chi connectivity index (χ4v) is 4.68. The highest BCUT2D eigenvalue weighted by Gasteiger charge is 2.31. The van der Waals surface area contributed by atoms with Crippen LogP contribution < -0.4 is 5.32 Å². The van der Waals surface area contributed by atoms with Gasteiger partial charge in [0.05, 0.1) is 10.5 Å². The van der Waals surface area contributed by atoms with Gasteiger partial charge in [0.25, 0.3) is 5.91 Å². The zero-order valence-corrected chi connectivity index (χ0v) is 18.2. The van der Waals surface area contributed by atoms with Gasteiger partial charge in [-0.1, -0.05) is 48.5 Å². The smallest absolute Gasteiger partial charge is 0.339 e. The standard InChI is InChI=1S/C24H22N2O5S/c1-26(16-17-7-3-2-4-8-17)32(29,30)20-13-11-19(12-14-20)25-23(27)22-15-18-9-5-6-10-21(18)24(28)31-22/h2-14,22H,15-16H2,1H3,(H,25,27)/t22-/m1/s1. The van der Waals surface area contributed by atoms with Crippen molar-refractivity contribution in [3.63, 3.8) is 0 Å². The number of amides is 1. The van der Waals surface area contributed by atoms with Crippen LogP contribution in [0.4, 0.5) is 5.69 Å². The molecule has 7 nitrogen and oxygen atoms in total. The molecule has 1 amide bonds. The van der Waals surface area contributed by atoms with Crippen LogP contribution in [0.15, 0.2) is 83.8 Å². The lowest BCUT2D eigenvalue weighted by atomic mass is 9.98. The van der Waals surface area contributed by atoms with E-state index >= 15 is 0 Å². The third kappa shape index (κ3) is 4.56. The third-order valence-corrected chi connectivity index (χ3v) is 7.08. The van der Waals surface area contributed by atoms with Gasteiger partial charge in [-0.05, 0) is 41.5 Å². The van der Waals surface area contributed by atoms with E-state index in [1.807, 2.05) is 30.3 Å². The van der Waals surface area contributed by atoms with Crippen molar-refractivity contribution in [2.24, 2.45) is 0 Å². The SMILES string of the molecule is CN(Cc1ccccc1)S(=O)(=O)c1ccc(NC(=O)[C@H]2Cc3ccccc3C(=O)O2)cc1. The first kappa shape index (κ1) is 21.7. The number of nitrogens with one attached hydrogen (secondary N) is 1. The highest BCUT2D eigenvalue weighted by atomic mass is 32.2. The molecule has 0 aliphatic carbocycles. The number of fused-ring (bicyclic) bond motifs is 1. The van der Waals surface area contributed by atoms with Crippen LogP contribution in [0.5, 0.6) is 0 Å². The van der Waals surface area contributed by atoms with Crippen molar-refractivity contribution < 1.29 is 22.7 Å². The van der Waals surface area contributed by atoms with Gasteiger partial charge in [0.1, 0.15) is 0 Å². The number of esters is 1. The van der Waals surface area contributed by atoms with Gasteiger partial charge >= 0.3 is 5.97 Å². The molecule has 0 fully saturated rings. The molecule has 4 rings (SSSR count). The molecule has 1 aliphatic rings. The Kier molecular flexibility index (Phi) is 6.07. The summed E-state index contributed by atoms with van der Waals surface area (Å²) < 4.78 is 32.2. The summed E-state index contributed by atoms with van der Waals surface area (Å²) in [6, 6.07) is 22.2. The average Bonchev–Trinajstić information content (AvgIpc) is 2.80. The number of hydrogen-bond donors (Lipinski definition) is 1. The molecule has 164 valence electrons. The molecule has 32 heavy (non-hydrogen) atoms. The molecule has 0 unspecified atom stereocenters. The van der Waals surface area contributed by atoms with Crippen molar-refractivity contribution in [1.29, 1.82) is 0 Å². The molecule has 0 radical (unpaired) electrons. The van der Waals surface area contributed by atoms with Crippen LogP contribution in [0.25, 0.3) is 0 Å². The second kappa shape index (κ2) is 8.94. The first-order valence-corrected chi connectivity index (χ1v) is 11.5. The van der Waals surface area contributed by atoms with Crippen molar-refractivity contribution in [2.45, 2.75) is 24.0 Å². The molecule has 0 aromatic heterocycles. The zero-order chi connectivity index (χ0) is 22.7. The van der Waals surface area contributed by atoms with E-state index in [0.29, 0.717) is 11.3 Å². The lowest BCUT2D eigenvalue weighted by molar-refractivity contribution is -0.125. The Morgan fingerprint density at radius 2 is 1.66 bits per heavy atom. The Balaban J connectivity index is 1.42. The molecular formula is C24H22N2O5S. The Morgan fingerprint density at radius 1 is 1.00 bits per heavy atom. The van der Waals surface area contributed by atoms with Crippen molar-refractivity contribution >= 4 is 27.6 Å². The minimum Gasteiger partial charge on any atom is -0.448 e. The van der Waals surface area contributed by atoms with Crippen LogP contribution in [-0.2, 0) is 32.5 Å². The molecule has 8 heteroatoms. The van der Waals surface area contributed by atoms with Crippen LogP contribution in [0.3, 0.4) is 0 Å². The van der Waals surface area contributed by atoms with Crippen molar-refractivity contribution in [2.75, 3.05) is 12.4 Å². The lowest BCUT2D eigenvalue weighted by Crippen LogP contribution is -2.37. The quantitative estimate of drug-likeness (QED) is 0.582. The molecule has 0 saturated heterocycles. The number of hydrogen-bond acceptors (Lipinski definition) is 5. The highest BCUT2D eigenvalue weighted by Crippen LogP contribution is 2.23. The first-order valence-electron chi connectivity index (χ1n) is 10.0. The maximum atomic E-state index is 12.9. The summed E-state index contributed by atoms with van der Waals surface area (Å²) >= 11 is 0. The fraction of sp³-hybridized carbons (Fsp3) is 0.167.